The number of hydrogen-bond acceptors (Lipinski definition) is 4. The number of likely N-dealkylation sites (tertiary alicyclic amines) is 1. The van der Waals surface area contributed by atoms with Gasteiger partial charge in [-0.3, -0.25) is 4.79 Å². The Morgan fingerprint density at radius 2 is 2.11 bits per heavy atom. The van der Waals surface area contributed by atoms with Gasteiger partial charge < -0.3 is 25.2 Å². The molecule has 1 aliphatic rings. The summed E-state index contributed by atoms with van der Waals surface area (Å²) in [6.07, 6.45) is 0.147. The van der Waals surface area contributed by atoms with Crippen LogP contribution in [0, 0.1) is 5.92 Å². The van der Waals surface area contributed by atoms with E-state index in [-0.39, 0.29) is 5.92 Å². The van der Waals surface area contributed by atoms with E-state index >= 15 is 0 Å². The molecule has 0 saturated carbocycles. The first-order valence-corrected chi connectivity index (χ1v) is 5.93. The van der Waals surface area contributed by atoms with E-state index in [0.717, 1.165) is 6.42 Å². The second-order valence-electron chi connectivity index (χ2n) is 4.49. The van der Waals surface area contributed by atoms with Gasteiger partial charge in [-0.15, -0.1) is 0 Å². The number of aliphatic carboxylic acids is 2. The van der Waals surface area contributed by atoms with Crippen LogP contribution in [0.2, 0.25) is 0 Å². The number of nitrogens with zero attached hydrogens (tertiary/aromatic N) is 1. The van der Waals surface area contributed by atoms with Crippen LogP contribution >= 0.6 is 0 Å². The fourth-order valence-corrected chi connectivity index (χ4v) is 2.00. The molecule has 0 aromatic heterocycles. The molecule has 1 fully saturated rings. The minimum atomic E-state index is -1.41. The molecule has 0 aromatic rings. The van der Waals surface area contributed by atoms with Gasteiger partial charge in [-0.05, 0) is 6.42 Å². The minimum absolute atomic E-state index is 0.235. The van der Waals surface area contributed by atoms with Crippen LogP contribution in [-0.4, -0.2) is 65.9 Å². The SMILES string of the molecule is COCC1CCN(C(=O)N[C@H](CC(=O)O)C(=O)O)C1. The van der Waals surface area contributed by atoms with Crippen LogP contribution in [-0.2, 0) is 14.3 Å². The van der Waals surface area contributed by atoms with E-state index in [0.29, 0.717) is 19.7 Å². The quantitative estimate of drug-likeness (QED) is 0.606. The Balaban J connectivity index is 2.49. The lowest BCUT2D eigenvalue weighted by atomic mass is 10.1. The normalized spacial score (nSPS) is 20.1. The van der Waals surface area contributed by atoms with Crippen LogP contribution in [0.4, 0.5) is 4.79 Å². The maximum absolute atomic E-state index is 11.8. The van der Waals surface area contributed by atoms with Gasteiger partial charge in [0.2, 0.25) is 0 Å². The van der Waals surface area contributed by atoms with Crippen molar-refractivity contribution in [3.05, 3.63) is 0 Å². The predicted molar refractivity (Wildman–Crippen MR) is 63.8 cm³/mol. The van der Waals surface area contributed by atoms with Gasteiger partial charge in [0.15, 0.2) is 0 Å². The molecule has 3 N–H and O–H groups in total. The Bertz CT molecular complexity index is 359. The third-order valence-corrected chi connectivity index (χ3v) is 2.95. The van der Waals surface area contributed by atoms with Gasteiger partial charge in [0.1, 0.15) is 6.04 Å². The summed E-state index contributed by atoms with van der Waals surface area (Å²) in [5.41, 5.74) is 0. The van der Waals surface area contributed by atoms with Gasteiger partial charge in [0.25, 0.3) is 0 Å². The highest BCUT2D eigenvalue weighted by Gasteiger charge is 2.30. The Hall–Kier alpha value is -1.83. The molecule has 0 spiro atoms. The molecule has 8 heteroatoms. The third-order valence-electron chi connectivity index (χ3n) is 2.95. The summed E-state index contributed by atoms with van der Waals surface area (Å²) < 4.78 is 5.00. The van der Waals surface area contributed by atoms with Gasteiger partial charge in [-0.2, -0.15) is 0 Å². The lowest BCUT2D eigenvalue weighted by molar-refractivity contribution is -0.145. The topological polar surface area (TPSA) is 116 Å². The number of nitrogens with one attached hydrogen (secondary N) is 1. The molecule has 0 radical (unpaired) electrons. The summed E-state index contributed by atoms with van der Waals surface area (Å²) in [4.78, 5) is 34.6. The van der Waals surface area contributed by atoms with Crippen LogP contribution < -0.4 is 5.32 Å². The molecule has 19 heavy (non-hydrogen) atoms. The van der Waals surface area contributed by atoms with Crippen LogP contribution in [0.5, 0.6) is 0 Å². The highest BCUT2D eigenvalue weighted by Crippen LogP contribution is 2.16. The highest BCUT2D eigenvalue weighted by molar-refractivity contribution is 5.86. The molecular formula is C11H18N2O6. The molecule has 1 saturated heterocycles. The average molecular weight is 274 g/mol. The van der Waals surface area contributed by atoms with E-state index in [2.05, 4.69) is 5.32 Å². The first kappa shape index (κ1) is 15.2. The van der Waals surface area contributed by atoms with Gasteiger partial charge in [-0.25, -0.2) is 9.59 Å². The highest BCUT2D eigenvalue weighted by atomic mass is 16.5. The standard InChI is InChI=1S/C11H18N2O6/c1-19-6-7-2-3-13(5-7)11(18)12-8(10(16)17)4-9(14)15/h7-8H,2-6H2,1H3,(H,12,18)(H,14,15)(H,16,17)/t7?,8-/m1/s1. The first-order valence-electron chi connectivity index (χ1n) is 5.93. The first-order chi connectivity index (χ1) is 8.93. The number of urea groups is 1. The summed E-state index contributed by atoms with van der Waals surface area (Å²) in [5, 5.41) is 19.6. The van der Waals surface area contributed by atoms with Gasteiger partial charge >= 0.3 is 18.0 Å². The molecule has 0 aliphatic carbocycles. The molecule has 108 valence electrons. The van der Waals surface area contributed by atoms with Crippen LogP contribution in [0.25, 0.3) is 0 Å². The summed E-state index contributed by atoms with van der Waals surface area (Å²) in [6, 6.07) is -1.96. The number of carboxylic acids is 2. The van der Waals surface area contributed by atoms with Crippen molar-refractivity contribution < 1.29 is 29.3 Å². The molecule has 1 rings (SSSR count). The molecule has 0 bridgehead atoms. The van der Waals surface area contributed by atoms with Crippen LogP contribution in [0.1, 0.15) is 12.8 Å². The molecular weight excluding hydrogens is 256 g/mol. The summed E-state index contributed by atoms with van der Waals surface area (Å²) >= 11 is 0. The second kappa shape index (κ2) is 6.93. The number of carbonyl (C=O) groups is 3. The van der Waals surface area contributed by atoms with Crippen LogP contribution in [0.15, 0.2) is 0 Å². The molecule has 2 amide bonds. The number of carboxylic acid groups (broad SMARTS) is 2. The summed E-state index contributed by atoms with van der Waals surface area (Å²) in [5.74, 6) is -2.40. The minimum Gasteiger partial charge on any atom is -0.481 e. The van der Waals surface area contributed by atoms with Crippen molar-refractivity contribution in [3.8, 4) is 0 Å². The fraction of sp³-hybridized carbons (Fsp3) is 0.727. The molecule has 1 unspecified atom stereocenters. The van der Waals surface area contributed by atoms with E-state index in [4.69, 9.17) is 14.9 Å². The van der Waals surface area contributed by atoms with E-state index in [1.165, 1.54) is 4.90 Å². The largest absolute Gasteiger partial charge is 0.481 e. The Morgan fingerprint density at radius 1 is 1.42 bits per heavy atom. The monoisotopic (exact) mass is 274 g/mol. The number of rotatable bonds is 6. The second-order valence-corrected chi connectivity index (χ2v) is 4.49. The number of carbonyl (C=O) groups excluding carboxylic acids is 1. The zero-order valence-corrected chi connectivity index (χ0v) is 10.7. The van der Waals surface area contributed by atoms with Gasteiger partial charge in [-0.1, -0.05) is 0 Å². The Labute approximate surface area is 110 Å². The predicted octanol–water partition coefficient (Wildman–Crippen LogP) is -0.408. The summed E-state index contributed by atoms with van der Waals surface area (Å²) in [7, 11) is 1.58. The fourth-order valence-electron chi connectivity index (χ4n) is 2.00. The van der Waals surface area contributed by atoms with E-state index in [1.807, 2.05) is 0 Å². The molecule has 0 aromatic carbocycles. The van der Waals surface area contributed by atoms with Crippen molar-refractivity contribution >= 4 is 18.0 Å². The molecule has 1 aliphatic heterocycles. The van der Waals surface area contributed by atoms with E-state index in [1.54, 1.807) is 7.11 Å². The van der Waals surface area contributed by atoms with Crippen LogP contribution in [0.3, 0.4) is 0 Å². The number of ether oxygens (including phenoxy) is 1. The maximum Gasteiger partial charge on any atom is 0.326 e. The van der Waals surface area contributed by atoms with Crippen molar-refractivity contribution in [1.82, 2.24) is 10.2 Å². The van der Waals surface area contributed by atoms with Crippen molar-refractivity contribution in [2.75, 3.05) is 26.8 Å². The molecule has 8 nitrogen and oxygen atoms in total. The zero-order valence-electron chi connectivity index (χ0n) is 10.7. The lowest BCUT2D eigenvalue weighted by Gasteiger charge is -2.20. The molecule has 1 heterocycles. The van der Waals surface area contributed by atoms with Gasteiger partial charge in [0, 0.05) is 26.1 Å². The lowest BCUT2D eigenvalue weighted by Crippen LogP contribution is -2.48. The van der Waals surface area contributed by atoms with Crippen molar-refractivity contribution in [2.45, 2.75) is 18.9 Å². The van der Waals surface area contributed by atoms with Crippen molar-refractivity contribution in [2.24, 2.45) is 5.92 Å². The van der Waals surface area contributed by atoms with Crippen molar-refractivity contribution in [3.63, 3.8) is 0 Å². The maximum atomic E-state index is 11.8. The zero-order chi connectivity index (χ0) is 14.4. The smallest absolute Gasteiger partial charge is 0.326 e. The van der Waals surface area contributed by atoms with Crippen molar-refractivity contribution in [1.29, 1.82) is 0 Å². The molecule has 2 atom stereocenters. The van der Waals surface area contributed by atoms with Gasteiger partial charge in [0.05, 0.1) is 13.0 Å². The number of amides is 2. The number of hydrogen-bond donors (Lipinski definition) is 3. The number of methoxy groups -OCH3 is 1. The third kappa shape index (κ3) is 4.74. The average Bonchev–Trinajstić information content (AvgIpc) is 2.76. The Morgan fingerprint density at radius 3 is 2.63 bits per heavy atom. The van der Waals surface area contributed by atoms with E-state index < -0.39 is 30.4 Å². The summed E-state index contributed by atoms with van der Waals surface area (Å²) in [6.45, 7) is 1.54. The van der Waals surface area contributed by atoms with E-state index in [9.17, 15) is 14.4 Å². The Kier molecular flexibility index (Phi) is 5.56.